The Morgan fingerprint density at radius 2 is 2.22 bits per heavy atom. The summed E-state index contributed by atoms with van der Waals surface area (Å²) in [7, 11) is 0. The average Bonchev–Trinajstić information content (AvgIpc) is 2.72. The molecule has 0 aromatic heterocycles. The van der Waals surface area contributed by atoms with Crippen molar-refractivity contribution in [3.8, 4) is 0 Å². The van der Waals surface area contributed by atoms with E-state index in [2.05, 4.69) is 4.74 Å². The zero-order valence-electron chi connectivity index (χ0n) is 10.4. The summed E-state index contributed by atoms with van der Waals surface area (Å²) in [6.45, 7) is 1.62. The fourth-order valence-electron chi connectivity index (χ4n) is 1.95. The Morgan fingerprint density at radius 3 is 2.72 bits per heavy atom. The van der Waals surface area contributed by atoms with E-state index >= 15 is 0 Å². The van der Waals surface area contributed by atoms with Gasteiger partial charge in [0.2, 0.25) is 5.91 Å². The topological polar surface area (TPSA) is 55.6 Å². The van der Waals surface area contributed by atoms with E-state index in [0.717, 1.165) is 6.42 Å². The van der Waals surface area contributed by atoms with Crippen LogP contribution in [0, 0.1) is 5.92 Å². The average molecular weight is 268 g/mol. The van der Waals surface area contributed by atoms with Crippen molar-refractivity contribution in [2.75, 3.05) is 26.3 Å². The Hall–Kier alpha value is -0.820. The van der Waals surface area contributed by atoms with Gasteiger partial charge >= 0.3 is 6.18 Å². The van der Waals surface area contributed by atoms with Gasteiger partial charge in [-0.3, -0.25) is 4.79 Å². The molecule has 0 radical (unpaired) electrons. The molecular formula is C11H19F3N2O2. The molecule has 1 heterocycles. The van der Waals surface area contributed by atoms with E-state index in [1.54, 1.807) is 4.90 Å². The maximum Gasteiger partial charge on any atom is 0.411 e. The normalized spacial score (nSPS) is 22.3. The Kier molecular flexibility index (Phi) is 5.40. The van der Waals surface area contributed by atoms with E-state index in [0.29, 0.717) is 13.1 Å². The van der Waals surface area contributed by atoms with Gasteiger partial charge in [-0.15, -0.1) is 0 Å². The molecule has 1 rings (SSSR count). The number of nitrogens with two attached hydrogens (primary N) is 1. The van der Waals surface area contributed by atoms with E-state index in [-0.39, 0.29) is 30.9 Å². The molecule has 1 fully saturated rings. The summed E-state index contributed by atoms with van der Waals surface area (Å²) in [6.07, 6.45) is -3.49. The van der Waals surface area contributed by atoms with Crippen LogP contribution in [-0.4, -0.2) is 49.3 Å². The number of alkyl halides is 3. The summed E-state index contributed by atoms with van der Waals surface area (Å²) in [5.74, 6) is 0.116. The number of nitrogens with zero attached hydrogens (tertiary/aromatic N) is 1. The molecule has 1 amide bonds. The number of halogens is 3. The number of hydrogen-bond acceptors (Lipinski definition) is 3. The molecule has 1 saturated heterocycles. The molecule has 2 N–H and O–H groups in total. The minimum atomic E-state index is -4.34. The number of carbonyl (C=O) groups excluding carboxylic acids is 1. The van der Waals surface area contributed by atoms with Gasteiger partial charge < -0.3 is 15.4 Å². The molecule has 7 heteroatoms. The standard InChI is InChI=1S/C11H19F3N2O2/c1-8(15)9-2-4-16(6-9)10(17)3-5-18-7-11(12,13)14/h8-9H,2-7,15H2,1H3. The molecule has 1 aliphatic heterocycles. The van der Waals surface area contributed by atoms with Crippen molar-refractivity contribution in [2.45, 2.75) is 32.0 Å². The quantitative estimate of drug-likeness (QED) is 0.761. The van der Waals surface area contributed by atoms with E-state index in [1.165, 1.54) is 0 Å². The lowest BCUT2D eigenvalue weighted by Gasteiger charge is -2.18. The third-order valence-corrected chi connectivity index (χ3v) is 3.05. The van der Waals surface area contributed by atoms with E-state index in [1.807, 2.05) is 6.92 Å². The number of likely N-dealkylation sites (tertiary alicyclic amines) is 1. The molecule has 106 valence electrons. The zero-order chi connectivity index (χ0) is 13.8. The van der Waals surface area contributed by atoms with Crippen molar-refractivity contribution in [1.29, 1.82) is 0 Å². The lowest BCUT2D eigenvalue weighted by atomic mass is 10.0. The van der Waals surface area contributed by atoms with Crippen LogP contribution in [0.1, 0.15) is 19.8 Å². The number of rotatable bonds is 5. The predicted octanol–water partition coefficient (Wildman–Crippen LogP) is 1.15. The maximum absolute atomic E-state index is 11.8. The van der Waals surface area contributed by atoms with Crippen molar-refractivity contribution in [2.24, 2.45) is 11.7 Å². The van der Waals surface area contributed by atoms with E-state index in [9.17, 15) is 18.0 Å². The minimum Gasteiger partial charge on any atom is -0.372 e. The second kappa shape index (κ2) is 6.38. The lowest BCUT2D eigenvalue weighted by molar-refractivity contribution is -0.175. The molecule has 1 aliphatic rings. The molecular weight excluding hydrogens is 249 g/mol. The summed E-state index contributed by atoms with van der Waals surface area (Å²) in [4.78, 5) is 13.3. The van der Waals surface area contributed by atoms with Gasteiger partial charge in [-0.1, -0.05) is 0 Å². The van der Waals surface area contributed by atoms with Gasteiger partial charge in [-0.05, 0) is 19.3 Å². The van der Waals surface area contributed by atoms with Gasteiger partial charge in [-0.2, -0.15) is 13.2 Å². The number of ether oxygens (including phenoxy) is 1. The monoisotopic (exact) mass is 268 g/mol. The van der Waals surface area contributed by atoms with E-state index < -0.39 is 12.8 Å². The summed E-state index contributed by atoms with van der Waals surface area (Å²) in [5.41, 5.74) is 5.74. The Labute approximate surface area is 104 Å². The largest absolute Gasteiger partial charge is 0.411 e. The van der Waals surface area contributed by atoms with Gasteiger partial charge in [0.1, 0.15) is 6.61 Å². The van der Waals surface area contributed by atoms with Gasteiger partial charge in [0.25, 0.3) is 0 Å². The first-order chi connectivity index (χ1) is 8.29. The van der Waals surface area contributed by atoms with Crippen LogP contribution in [0.2, 0.25) is 0 Å². The SMILES string of the molecule is CC(N)C1CCN(C(=O)CCOCC(F)(F)F)C1. The molecule has 2 unspecified atom stereocenters. The highest BCUT2D eigenvalue weighted by molar-refractivity contribution is 5.76. The summed E-state index contributed by atoms with van der Waals surface area (Å²) < 4.78 is 39.8. The molecule has 0 aliphatic carbocycles. The van der Waals surface area contributed by atoms with E-state index in [4.69, 9.17) is 5.73 Å². The van der Waals surface area contributed by atoms with Crippen LogP contribution in [0.15, 0.2) is 0 Å². The van der Waals surface area contributed by atoms with Crippen LogP contribution in [0.5, 0.6) is 0 Å². The smallest absolute Gasteiger partial charge is 0.372 e. The highest BCUT2D eigenvalue weighted by Gasteiger charge is 2.29. The molecule has 0 saturated carbocycles. The Morgan fingerprint density at radius 1 is 1.56 bits per heavy atom. The Bertz CT molecular complexity index is 282. The lowest BCUT2D eigenvalue weighted by Crippen LogP contribution is -2.33. The fraction of sp³-hybridized carbons (Fsp3) is 0.909. The molecule has 0 aromatic rings. The number of carbonyl (C=O) groups is 1. The minimum absolute atomic E-state index is 0.0122. The summed E-state index contributed by atoms with van der Waals surface area (Å²) in [5, 5.41) is 0. The highest BCUT2D eigenvalue weighted by atomic mass is 19.4. The van der Waals surface area contributed by atoms with Gasteiger partial charge in [-0.25, -0.2) is 0 Å². The molecule has 2 atom stereocenters. The van der Waals surface area contributed by atoms with Crippen molar-refractivity contribution >= 4 is 5.91 Å². The Balaban J connectivity index is 2.18. The molecule has 0 aromatic carbocycles. The van der Waals surface area contributed by atoms with Crippen molar-refractivity contribution in [3.05, 3.63) is 0 Å². The van der Waals surface area contributed by atoms with Crippen LogP contribution in [0.3, 0.4) is 0 Å². The third kappa shape index (κ3) is 5.22. The third-order valence-electron chi connectivity index (χ3n) is 3.05. The first-order valence-electron chi connectivity index (χ1n) is 5.97. The predicted molar refractivity (Wildman–Crippen MR) is 59.8 cm³/mol. The van der Waals surface area contributed by atoms with Crippen LogP contribution < -0.4 is 5.73 Å². The van der Waals surface area contributed by atoms with Gasteiger partial charge in [0.05, 0.1) is 13.0 Å². The second-order valence-electron chi connectivity index (χ2n) is 4.67. The summed E-state index contributed by atoms with van der Waals surface area (Å²) in [6, 6.07) is 0.0317. The second-order valence-corrected chi connectivity index (χ2v) is 4.67. The maximum atomic E-state index is 11.8. The number of hydrogen-bond donors (Lipinski definition) is 1. The molecule has 0 spiro atoms. The first-order valence-corrected chi connectivity index (χ1v) is 5.97. The van der Waals surface area contributed by atoms with Crippen LogP contribution in [-0.2, 0) is 9.53 Å². The van der Waals surface area contributed by atoms with Crippen molar-refractivity contribution in [3.63, 3.8) is 0 Å². The molecule has 18 heavy (non-hydrogen) atoms. The van der Waals surface area contributed by atoms with Crippen molar-refractivity contribution < 1.29 is 22.7 Å². The van der Waals surface area contributed by atoms with Crippen molar-refractivity contribution in [1.82, 2.24) is 4.90 Å². The van der Waals surface area contributed by atoms with Gasteiger partial charge in [0.15, 0.2) is 0 Å². The fourth-order valence-corrected chi connectivity index (χ4v) is 1.95. The van der Waals surface area contributed by atoms with Crippen LogP contribution in [0.4, 0.5) is 13.2 Å². The first kappa shape index (κ1) is 15.2. The number of amides is 1. The zero-order valence-corrected chi connectivity index (χ0v) is 10.4. The molecule has 0 bridgehead atoms. The highest BCUT2D eigenvalue weighted by Crippen LogP contribution is 2.19. The van der Waals surface area contributed by atoms with Crippen LogP contribution >= 0.6 is 0 Å². The van der Waals surface area contributed by atoms with Gasteiger partial charge in [0, 0.05) is 19.1 Å². The molecule has 4 nitrogen and oxygen atoms in total. The van der Waals surface area contributed by atoms with Crippen LogP contribution in [0.25, 0.3) is 0 Å². The summed E-state index contributed by atoms with van der Waals surface area (Å²) >= 11 is 0.